The highest BCUT2D eigenvalue weighted by atomic mass is 79.9. The molecule has 1 N–H and O–H groups in total. The van der Waals surface area contributed by atoms with Gasteiger partial charge in [-0.1, -0.05) is 28.1 Å². The largest absolute Gasteiger partial charge is 0.340 e. The van der Waals surface area contributed by atoms with Gasteiger partial charge in [-0.15, -0.1) is 0 Å². The van der Waals surface area contributed by atoms with Crippen LogP contribution >= 0.6 is 15.9 Å². The highest BCUT2D eigenvalue weighted by Gasteiger charge is 2.15. The average molecular weight is 297 g/mol. The first-order chi connectivity index (χ1) is 8.25. The fourth-order valence-electron chi connectivity index (χ4n) is 2.02. The lowest BCUT2D eigenvalue weighted by Crippen LogP contribution is -2.46. The second-order valence-electron chi connectivity index (χ2n) is 4.26. The summed E-state index contributed by atoms with van der Waals surface area (Å²) in [6.07, 6.45) is 1.43. The number of nitrogens with one attached hydrogen (secondary N) is 1. The third-order valence-corrected chi connectivity index (χ3v) is 3.48. The van der Waals surface area contributed by atoms with Crippen LogP contribution in [-0.4, -0.2) is 37.0 Å². The summed E-state index contributed by atoms with van der Waals surface area (Å²) in [6, 6.07) is 8.15. The summed E-state index contributed by atoms with van der Waals surface area (Å²) in [5, 5.41) is 3.25. The number of benzene rings is 1. The van der Waals surface area contributed by atoms with Gasteiger partial charge in [0, 0.05) is 37.1 Å². The van der Waals surface area contributed by atoms with Gasteiger partial charge >= 0.3 is 0 Å². The van der Waals surface area contributed by atoms with Gasteiger partial charge in [-0.2, -0.15) is 0 Å². The molecule has 17 heavy (non-hydrogen) atoms. The second kappa shape index (κ2) is 6.17. The van der Waals surface area contributed by atoms with Gasteiger partial charge < -0.3 is 10.2 Å². The van der Waals surface area contributed by atoms with Crippen LogP contribution in [0.2, 0.25) is 0 Å². The van der Waals surface area contributed by atoms with Crippen LogP contribution in [0.5, 0.6) is 0 Å². The molecule has 3 nitrogen and oxygen atoms in total. The standard InChI is InChI=1S/C13H17BrN2O/c14-12-3-1-2-11(10-12)4-5-13(17)16-8-6-15-7-9-16/h1-3,10,15H,4-9H2. The van der Waals surface area contributed by atoms with E-state index in [-0.39, 0.29) is 5.91 Å². The smallest absolute Gasteiger partial charge is 0.222 e. The Morgan fingerprint density at radius 2 is 2.12 bits per heavy atom. The molecule has 0 aromatic heterocycles. The van der Waals surface area contributed by atoms with Crippen LogP contribution in [0.15, 0.2) is 28.7 Å². The summed E-state index contributed by atoms with van der Waals surface area (Å²) in [7, 11) is 0. The van der Waals surface area contributed by atoms with Crippen LogP contribution in [0.4, 0.5) is 0 Å². The van der Waals surface area contributed by atoms with Crippen molar-refractivity contribution in [2.45, 2.75) is 12.8 Å². The van der Waals surface area contributed by atoms with Gasteiger partial charge in [0.05, 0.1) is 0 Å². The van der Waals surface area contributed by atoms with Crippen LogP contribution in [0, 0.1) is 0 Å². The van der Waals surface area contributed by atoms with Crippen LogP contribution < -0.4 is 5.32 Å². The molecule has 0 bridgehead atoms. The number of nitrogens with zero attached hydrogens (tertiary/aromatic N) is 1. The third-order valence-electron chi connectivity index (χ3n) is 2.99. The van der Waals surface area contributed by atoms with E-state index in [2.05, 4.69) is 33.4 Å². The Bertz CT molecular complexity index is 389. The van der Waals surface area contributed by atoms with Crippen molar-refractivity contribution in [3.63, 3.8) is 0 Å². The molecule has 1 fully saturated rings. The van der Waals surface area contributed by atoms with Crippen molar-refractivity contribution in [2.24, 2.45) is 0 Å². The molecular formula is C13H17BrN2O. The molecule has 0 unspecified atom stereocenters. The van der Waals surface area contributed by atoms with Gasteiger partial charge in [-0.3, -0.25) is 4.79 Å². The van der Waals surface area contributed by atoms with Gasteiger partial charge in [-0.05, 0) is 24.1 Å². The van der Waals surface area contributed by atoms with Crippen molar-refractivity contribution in [3.8, 4) is 0 Å². The zero-order valence-electron chi connectivity index (χ0n) is 9.79. The van der Waals surface area contributed by atoms with E-state index in [9.17, 15) is 4.79 Å². The highest BCUT2D eigenvalue weighted by Crippen LogP contribution is 2.13. The maximum atomic E-state index is 11.9. The van der Waals surface area contributed by atoms with E-state index in [1.165, 1.54) is 5.56 Å². The molecule has 0 spiro atoms. The molecule has 1 aliphatic heterocycles. The van der Waals surface area contributed by atoms with E-state index in [4.69, 9.17) is 0 Å². The van der Waals surface area contributed by atoms with Crippen LogP contribution in [-0.2, 0) is 11.2 Å². The number of carbonyl (C=O) groups is 1. The zero-order valence-corrected chi connectivity index (χ0v) is 11.4. The topological polar surface area (TPSA) is 32.3 Å². The second-order valence-corrected chi connectivity index (χ2v) is 5.18. The molecule has 1 aliphatic rings. The highest BCUT2D eigenvalue weighted by molar-refractivity contribution is 9.10. The summed E-state index contributed by atoms with van der Waals surface area (Å²) >= 11 is 3.44. The minimum atomic E-state index is 0.270. The molecule has 0 saturated carbocycles. The van der Waals surface area contributed by atoms with Crippen molar-refractivity contribution < 1.29 is 4.79 Å². The number of hydrogen-bond acceptors (Lipinski definition) is 2. The summed E-state index contributed by atoms with van der Waals surface area (Å²) in [6.45, 7) is 3.53. The number of aryl methyl sites for hydroxylation is 1. The summed E-state index contributed by atoms with van der Waals surface area (Å²) in [4.78, 5) is 13.9. The Hall–Kier alpha value is -0.870. The molecule has 0 atom stereocenters. The summed E-state index contributed by atoms with van der Waals surface area (Å²) in [5.74, 6) is 0.270. The van der Waals surface area contributed by atoms with Gasteiger partial charge in [0.25, 0.3) is 0 Å². The molecule has 1 aromatic carbocycles. The molecule has 4 heteroatoms. The predicted molar refractivity (Wildman–Crippen MR) is 71.9 cm³/mol. The van der Waals surface area contributed by atoms with E-state index in [1.807, 2.05) is 17.0 Å². The monoisotopic (exact) mass is 296 g/mol. The molecular weight excluding hydrogens is 280 g/mol. The van der Waals surface area contributed by atoms with Crippen molar-refractivity contribution >= 4 is 21.8 Å². The van der Waals surface area contributed by atoms with E-state index >= 15 is 0 Å². The van der Waals surface area contributed by atoms with Gasteiger partial charge in [0.1, 0.15) is 0 Å². The lowest BCUT2D eigenvalue weighted by Gasteiger charge is -2.27. The Morgan fingerprint density at radius 3 is 2.82 bits per heavy atom. The van der Waals surface area contributed by atoms with Crippen molar-refractivity contribution in [2.75, 3.05) is 26.2 Å². The SMILES string of the molecule is O=C(CCc1cccc(Br)c1)N1CCNCC1. The van der Waals surface area contributed by atoms with Crippen molar-refractivity contribution in [1.29, 1.82) is 0 Å². The van der Waals surface area contributed by atoms with Crippen LogP contribution in [0.3, 0.4) is 0 Å². The average Bonchev–Trinajstić information content (AvgIpc) is 2.37. The first kappa shape index (κ1) is 12.6. The van der Waals surface area contributed by atoms with E-state index in [1.54, 1.807) is 0 Å². The minimum absolute atomic E-state index is 0.270. The first-order valence-electron chi connectivity index (χ1n) is 5.98. The van der Waals surface area contributed by atoms with E-state index < -0.39 is 0 Å². The number of carbonyl (C=O) groups excluding carboxylic acids is 1. The molecule has 0 aliphatic carbocycles. The van der Waals surface area contributed by atoms with Crippen LogP contribution in [0.1, 0.15) is 12.0 Å². The number of amides is 1. The van der Waals surface area contributed by atoms with Gasteiger partial charge in [-0.25, -0.2) is 0 Å². The molecule has 1 aromatic rings. The molecule has 2 rings (SSSR count). The normalized spacial score (nSPS) is 15.9. The Labute approximate surface area is 110 Å². The fourth-order valence-corrected chi connectivity index (χ4v) is 2.46. The lowest BCUT2D eigenvalue weighted by molar-refractivity contribution is -0.131. The Kier molecular flexibility index (Phi) is 4.57. The maximum Gasteiger partial charge on any atom is 0.222 e. The third kappa shape index (κ3) is 3.82. The van der Waals surface area contributed by atoms with Crippen molar-refractivity contribution in [1.82, 2.24) is 10.2 Å². The van der Waals surface area contributed by atoms with Gasteiger partial charge in [0.15, 0.2) is 0 Å². The Morgan fingerprint density at radius 1 is 1.35 bits per heavy atom. The molecule has 1 saturated heterocycles. The number of hydrogen-bond donors (Lipinski definition) is 1. The van der Waals surface area contributed by atoms with Crippen LogP contribution in [0.25, 0.3) is 0 Å². The zero-order chi connectivity index (χ0) is 12.1. The Balaban J connectivity index is 1.83. The first-order valence-corrected chi connectivity index (χ1v) is 6.78. The minimum Gasteiger partial charge on any atom is -0.340 e. The number of halogens is 1. The summed E-state index contributed by atoms with van der Waals surface area (Å²) < 4.78 is 1.07. The van der Waals surface area contributed by atoms with Crippen molar-refractivity contribution in [3.05, 3.63) is 34.3 Å². The number of piperazine rings is 1. The van der Waals surface area contributed by atoms with E-state index in [0.29, 0.717) is 6.42 Å². The van der Waals surface area contributed by atoms with E-state index in [0.717, 1.165) is 37.1 Å². The van der Waals surface area contributed by atoms with Gasteiger partial charge in [0.2, 0.25) is 5.91 Å². The summed E-state index contributed by atoms with van der Waals surface area (Å²) in [5.41, 5.74) is 1.21. The lowest BCUT2D eigenvalue weighted by atomic mass is 10.1. The quantitative estimate of drug-likeness (QED) is 0.923. The molecule has 0 radical (unpaired) electrons. The molecule has 92 valence electrons. The number of rotatable bonds is 3. The fraction of sp³-hybridized carbons (Fsp3) is 0.462. The molecule has 1 heterocycles. The maximum absolute atomic E-state index is 11.9. The molecule has 1 amide bonds. The predicted octanol–water partition coefficient (Wildman–Crippen LogP) is 1.81.